The average molecular weight is 489 g/mol. The van der Waals surface area contributed by atoms with Crippen molar-refractivity contribution >= 4 is 12.1 Å². The molecule has 1 amide bonds. The van der Waals surface area contributed by atoms with Crippen molar-refractivity contribution in [1.29, 1.82) is 0 Å². The van der Waals surface area contributed by atoms with Gasteiger partial charge in [-0.3, -0.25) is 4.98 Å². The summed E-state index contributed by atoms with van der Waals surface area (Å²) in [6, 6.07) is 17.6. The number of nitrogens with one attached hydrogen (secondary N) is 1. The van der Waals surface area contributed by atoms with E-state index in [-0.39, 0.29) is 6.54 Å². The Kier molecular flexibility index (Phi) is 8.51. The highest BCUT2D eigenvalue weighted by atomic mass is 16.6. The number of amides is 1. The molecule has 3 rings (SSSR count). The largest absolute Gasteiger partial charge is 0.465 e. The number of alkyl carbamates (subject to hydrolysis) is 1. The first-order valence-electron chi connectivity index (χ1n) is 12.2. The van der Waals surface area contributed by atoms with Gasteiger partial charge in [0.05, 0.1) is 18.4 Å². The molecule has 0 fully saturated rings. The predicted octanol–water partition coefficient (Wildman–Crippen LogP) is 6.73. The molecule has 0 aliphatic rings. The molecule has 6 nitrogen and oxygen atoms in total. The number of esters is 1. The van der Waals surface area contributed by atoms with E-state index in [1.165, 1.54) is 7.11 Å². The lowest BCUT2D eigenvalue weighted by Gasteiger charge is -2.22. The third-order valence-electron chi connectivity index (χ3n) is 5.59. The van der Waals surface area contributed by atoms with Gasteiger partial charge in [-0.25, -0.2) is 9.59 Å². The van der Waals surface area contributed by atoms with Gasteiger partial charge in [0.2, 0.25) is 0 Å². The Morgan fingerprint density at radius 3 is 2.28 bits per heavy atom. The number of carbonyl (C=O) groups is 2. The number of hydrogen-bond donors (Lipinski definition) is 1. The highest BCUT2D eigenvalue weighted by Gasteiger charge is 2.21. The minimum Gasteiger partial charge on any atom is -0.465 e. The fraction of sp³-hybridized carbons (Fsp3) is 0.367. The Morgan fingerprint density at radius 1 is 1.00 bits per heavy atom. The molecule has 0 bridgehead atoms. The molecule has 0 atom stereocenters. The van der Waals surface area contributed by atoms with E-state index < -0.39 is 17.7 Å². The van der Waals surface area contributed by atoms with Crippen LogP contribution < -0.4 is 5.32 Å². The predicted molar refractivity (Wildman–Crippen MR) is 143 cm³/mol. The standard InChI is InChI=1S/C30H36N2O4/c1-19(2)16-26-25(18-31-29(34)36-30(4,5)6)24(21-14-12-20(3)13-15-21)17-27(32-26)22-10-8-9-11-23(22)28(33)35-7/h8-15,17,19H,16,18H2,1-7H3,(H,31,34). The summed E-state index contributed by atoms with van der Waals surface area (Å²) in [6.45, 7) is 12.1. The number of carbonyl (C=O) groups excluding carboxylic acids is 2. The average Bonchev–Trinajstić information content (AvgIpc) is 2.81. The van der Waals surface area contributed by atoms with Crippen LogP contribution in [-0.4, -0.2) is 29.8 Å². The van der Waals surface area contributed by atoms with Crippen LogP contribution in [0, 0.1) is 12.8 Å². The van der Waals surface area contributed by atoms with Gasteiger partial charge >= 0.3 is 12.1 Å². The number of aryl methyl sites for hydroxylation is 1. The maximum absolute atomic E-state index is 12.5. The van der Waals surface area contributed by atoms with E-state index in [4.69, 9.17) is 14.5 Å². The summed E-state index contributed by atoms with van der Waals surface area (Å²) in [5.41, 5.74) is 6.16. The van der Waals surface area contributed by atoms with Gasteiger partial charge in [-0.2, -0.15) is 0 Å². The summed E-state index contributed by atoms with van der Waals surface area (Å²) in [4.78, 5) is 30.0. The van der Waals surface area contributed by atoms with Crippen LogP contribution in [0.4, 0.5) is 4.79 Å². The first-order valence-corrected chi connectivity index (χ1v) is 12.2. The quantitative estimate of drug-likeness (QED) is 0.373. The van der Waals surface area contributed by atoms with E-state index in [1.54, 1.807) is 6.07 Å². The zero-order valence-electron chi connectivity index (χ0n) is 22.3. The number of nitrogens with zero attached hydrogens (tertiary/aromatic N) is 1. The fourth-order valence-electron chi connectivity index (χ4n) is 3.98. The van der Waals surface area contributed by atoms with Gasteiger partial charge in [0.1, 0.15) is 5.60 Å². The Balaban J connectivity index is 2.20. The molecule has 0 saturated heterocycles. The fourth-order valence-corrected chi connectivity index (χ4v) is 3.98. The van der Waals surface area contributed by atoms with Crippen molar-refractivity contribution in [1.82, 2.24) is 10.3 Å². The first kappa shape index (κ1) is 26.9. The van der Waals surface area contributed by atoms with E-state index >= 15 is 0 Å². The van der Waals surface area contributed by atoms with Crippen molar-refractivity contribution < 1.29 is 19.1 Å². The topological polar surface area (TPSA) is 77.5 Å². The second kappa shape index (κ2) is 11.4. The Hall–Kier alpha value is -3.67. The third-order valence-corrected chi connectivity index (χ3v) is 5.59. The molecule has 0 radical (unpaired) electrons. The van der Waals surface area contributed by atoms with Crippen molar-refractivity contribution in [3.05, 3.63) is 77.0 Å². The number of aromatic nitrogens is 1. The number of ether oxygens (including phenoxy) is 2. The third kappa shape index (κ3) is 6.94. The van der Waals surface area contributed by atoms with Gasteiger partial charge < -0.3 is 14.8 Å². The summed E-state index contributed by atoms with van der Waals surface area (Å²) in [5, 5.41) is 2.91. The molecule has 190 valence electrons. The van der Waals surface area contributed by atoms with E-state index in [2.05, 4.69) is 43.4 Å². The summed E-state index contributed by atoms with van der Waals surface area (Å²) in [5.74, 6) is -0.0832. The van der Waals surface area contributed by atoms with Crippen LogP contribution in [0.25, 0.3) is 22.4 Å². The molecule has 0 aliphatic carbocycles. The van der Waals surface area contributed by atoms with Crippen molar-refractivity contribution in [2.24, 2.45) is 5.92 Å². The summed E-state index contributed by atoms with van der Waals surface area (Å²) in [7, 11) is 1.37. The highest BCUT2D eigenvalue weighted by Crippen LogP contribution is 2.33. The molecule has 2 aromatic carbocycles. The van der Waals surface area contributed by atoms with Gasteiger partial charge in [-0.1, -0.05) is 61.9 Å². The SMILES string of the molecule is COC(=O)c1ccccc1-c1cc(-c2ccc(C)cc2)c(CNC(=O)OC(C)(C)C)c(CC(C)C)n1. The maximum Gasteiger partial charge on any atom is 0.407 e. The van der Waals surface area contributed by atoms with E-state index in [0.717, 1.165) is 27.9 Å². The molecule has 1 heterocycles. The number of rotatable bonds is 7. The number of benzene rings is 2. The number of hydrogen-bond acceptors (Lipinski definition) is 5. The molecule has 36 heavy (non-hydrogen) atoms. The molecule has 0 spiro atoms. The normalized spacial score (nSPS) is 11.3. The lowest BCUT2D eigenvalue weighted by molar-refractivity contribution is 0.0522. The smallest absolute Gasteiger partial charge is 0.407 e. The second-order valence-corrected chi connectivity index (χ2v) is 10.3. The number of pyridine rings is 1. The molecule has 0 aliphatic heterocycles. The van der Waals surface area contributed by atoms with Crippen LogP contribution >= 0.6 is 0 Å². The molecule has 6 heteroatoms. The summed E-state index contributed by atoms with van der Waals surface area (Å²) >= 11 is 0. The van der Waals surface area contributed by atoms with Gasteiger partial charge in [0.15, 0.2) is 0 Å². The molecular weight excluding hydrogens is 452 g/mol. The molecule has 3 aromatic rings. The van der Waals surface area contributed by atoms with Crippen LogP contribution in [0.2, 0.25) is 0 Å². The number of methoxy groups -OCH3 is 1. The van der Waals surface area contributed by atoms with Crippen molar-refractivity contribution in [2.45, 2.75) is 60.1 Å². The zero-order chi connectivity index (χ0) is 26.5. The van der Waals surface area contributed by atoms with Crippen LogP contribution in [0.1, 0.15) is 61.8 Å². The maximum atomic E-state index is 12.5. The van der Waals surface area contributed by atoms with Crippen LogP contribution in [-0.2, 0) is 22.4 Å². The van der Waals surface area contributed by atoms with E-state index in [9.17, 15) is 9.59 Å². The first-order chi connectivity index (χ1) is 17.0. The molecular formula is C30H36N2O4. The Labute approximate surface area is 214 Å². The second-order valence-electron chi connectivity index (χ2n) is 10.3. The lowest BCUT2D eigenvalue weighted by Crippen LogP contribution is -2.32. The minimum atomic E-state index is -0.593. The van der Waals surface area contributed by atoms with Crippen LogP contribution in [0.5, 0.6) is 0 Å². The lowest BCUT2D eigenvalue weighted by atomic mass is 9.92. The summed E-state index contributed by atoms with van der Waals surface area (Å²) < 4.78 is 10.5. The van der Waals surface area contributed by atoms with Crippen molar-refractivity contribution in [3.63, 3.8) is 0 Å². The molecule has 0 saturated carbocycles. The van der Waals surface area contributed by atoms with E-state index in [0.29, 0.717) is 29.2 Å². The highest BCUT2D eigenvalue weighted by molar-refractivity contribution is 5.97. The zero-order valence-corrected chi connectivity index (χ0v) is 22.3. The summed E-state index contributed by atoms with van der Waals surface area (Å²) in [6.07, 6.45) is 0.228. The molecule has 1 aromatic heterocycles. The van der Waals surface area contributed by atoms with Gasteiger partial charge in [-0.15, -0.1) is 0 Å². The van der Waals surface area contributed by atoms with Gasteiger partial charge in [0, 0.05) is 23.4 Å². The molecule has 1 N–H and O–H groups in total. The Bertz CT molecular complexity index is 1220. The van der Waals surface area contributed by atoms with Gasteiger partial charge in [-0.05, 0) is 63.3 Å². The molecule has 0 unspecified atom stereocenters. The van der Waals surface area contributed by atoms with Crippen molar-refractivity contribution in [2.75, 3.05) is 7.11 Å². The monoisotopic (exact) mass is 488 g/mol. The Morgan fingerprint density at radius 2 is 1.67 bits per heavy atom. The van der Waals surface area contributed by atoms with Crippen molar-refractivity contribution in [3.8, 4) is 22.4 Å². The minimum absolute atomic E-state index is 0.270. The van der Waals surface area contributed by atoms with Gasteiger partial charge in [0.25, 0.3) is 0 Å². The van der Waals surface area contributed by atoms with E-state index in [1.807, 2.05) is 52.0 Å². The van der Waals surface area contributed by atoms with Crippen LogP contribution in [0.3, 0.4) is 0 Å². The van der Waals surface area contributed by atoms with Crippen LogP contribution in [0.15, 0.2) is 54.6 Å².